The van der Waals surface area contributed by atoms with Crippen molar-refractivity contribution >= 4 is 34.1 Å². The van der Waals surface area contributed by atoms with Crippen LogP contribution < -0.4 is 26.3 Å². The van der Waals surface area contributed by atoms with Gasteiger partial charge in [-0.1, -0.05) is 0 Å². The number of fused-ring (bicyclic) bond motifs is 1. The molecule has 0 fully saturated rings. The second kappa shape index (κ2) is 9.25. The van der Waals surface area contributed by atoms with Crippen LogP contribution in [0.5, 0.6) is 11.5 Å². The summed E-state index contributed by atoms with van der Waals surface area (Å²) in [5.74, 6) is 1.57. The number of nitrogens with zero attached hydrogens (tertiary/aromatic N) is 3. The number of nitrogens with two attached hydrogens (primary N) is 2. The molecule has 1 amide bonds. The molecule has 0 spiro atoms. The van der Waals surface area contributed by atoms with Crippen LogP contribution in [0.3, 0.4) is 0 Å². The van der Waals surface area contributed by atoms with Crippen molar-refractivity contribution in [3.63, 3.8) is 0 Å². The number of carbonyl (C=O) groups excluding carboxylic acids is 1. The number of hydrogen-bond acceptors (Lipinski definition) is 8. The number of benzene rings is 1. The van der Waals surface area contributed by atoms with Crippen molar-refractivity contribution in [2.24, 2.45) is 11.5 Å². The molecule has 0 saturated heterocycles. The highest BCUT2D eigenvalue weighted by Crippen LogP contribution is 2.33. The standard InChI is InChI=1S/C22H24N6O3S/c1-30-18-9-16-17(10-19(18)31-2)28(12-25-16)20-4-3-14(21(24)29)22(27-20)26-15(5-7-23)13-6-8-32-11-13/h3-4,6,8-12,15H,5,7,23H2,1-2H3,(H2,24,29)(H,26,27). The summed E-state index contributed by atoms with van der Waals surface area (Å²) in [6, 6.07) is 8.94. The Morgan fingerprint density at radius 3 is 2.66 bits per heavy atom. The maximum absolute atomic E-state index is 12.1. The fourth-order valence-electron chi connectivity index (χ4n) is 3.54. The predicted molar refractivity (Wildman–Crippen MR) is 125 cm³/mol. The number of anilines is 1. The van der Waals surface area contributed by atoms with Crippen molar-refractivity contribution in [2.75, 3.05) is 26.1 Å². The lowest BCUT2D eigenvalue weighted by Crippen LogP contribution is -2.20. The number of hydrogen-bond donors (Lipinski definition) is 3. The van der Waals surface area contributed by atoms with E-state index in [1.54, 1.807) is 50.1 Å². The number of ether oxygens (including phenoxy) is 2. The average Bonchev–Trinajstić information content (AvgIpc) is 3.47. The quantitative estimate of drug-likeness (QED) is 0.356. The van der Waals surface area contributed by atoms with Crippen LogP contribution in [0.25, 0.3) is 16.9 Å². The fraction of sp³-hybridized carbons (Fsp3) is 0.227. The topological polar surface area (TPSA) is 130 Å². The van der Waals surface area contributed by atoms with Gasteiger partial charge in [-0.15, -0.1) is 0 Å². The Hall–Kier alpha value is -3.63. The molecule has 1 atom stereocenters. The monoisotopic (exact) mass is 452 g/mol. The van der Waals surface area contributed by atoms with Crippen LogP contribution in [0.1, 0.15) is 28.4 Å². The third-order valence-electron chi connectivity index (χ3n) is 5.16. The molecule has 3 aromatic heterocycles. The Labute approximate surface area is 189 Å². The Morgan fingerprint density at radius 2 is 2.00 bits per heavy atom. The number of methoxy groups -OCH3 is 2. The highest BCUT2D eigenvalue weighted by molar-refractivity contribution is 7.08. The minimum absolute atomic E-state index is 0.101. The zero-order valence-electron chi connectivity index (χ0n) is 17.7. The van der Waals surface area contributed by atoms with Gasteiger partial charge in [0.15, 0.2) is 11.5 Å². The summed E-state index contributed by atoms with van der Waals surface area (Å²) in [7, 11) is 3.16. The van der Waals surface area contributed by atoms with Gasteiger partial charge in [0.05, 0.1) is 36.9 Å². The number of amides is 1. The summed E-state index contributed by atoms with van der Waals surface area (Å²) in [6.45, 7) is 0.479. The lowest BCUT2D eigenvalue weighted by atomic mass is 10.1. The van der Waals surface area contributed by atoms with E-state index in [1.165, 1.54) is 0 Å². The van der Waals surface area contributed by atoms with Gasteiger partial charge in [-0.3, -0.25) is 9.36 Å². The third kappa shape index (κ3) is 4.10. The minimum Gasteiger partial charge on any atom is -0.493 e. The molecule has 10 heteroatoms. The van der Waals surface area contributed by atoms with E-state index in [9.17, 15) is 4.79 Å². The smallest absolute Gasteiger partial charge is 0.252 e. The zero-order valence-corrected chi connectivity index (χ0v) is 18.6. The van der Waals surface area contributed by atoms with Crippen LogP contribution in [0.2, 0.25) is 0 Å². The van der Waals surface area contributed by atoms with Crippen LogP contribution in [0.4, 0.5) is 5.82 Å². The normalized spacial score (nSPS) is 12.0. The Kier molecular flexibility index (Phi) is 6.24. The third-order valence-corrected chi connectivity index (χ3v) is 5.86. The van der Waals surface area contributed by atoms with E-state index in [2.05, 4.69) is 10.3 Å². The van der Waals surface area contributed by atoms with Crippen molar-refractivity contribution in [2.45, 2.75) is 12.5 Å². The molecule has 0 aliphatic heterocycles. The number of pyridine rings is 1. The first kappa shape index (κ1) is 21.6. The van der Waals surface area contributed by atoms with E-state index in [-0.39, 0.29) is 6.04 Å². The van der Waals surface area contributed by atoms with Crippen LogP contribution in [-0.2, 0) is 0 Å². The van der Waals surface area contributed by atoms with Crippen molar-refractivity contribution in [1.29, 1.82) is 0 Å². The molecule has 0 bridgehead atoms. The van der Waals surface area contributed by atoms with E-state index in [4.69, 9.17) is 25.9 Å². The summed E-state index contributed by atoms with van der Waals surface area (Å²) in [4.78, 5) is 21.3. The summed E-state index contributed by atoms with van der Waals surface area (Å²) in [5.41, 5.74) is 14.3. The molecule has 32 heavy (non-hydrogen) atoms. The molecule has 0 saturated carbocycles. The summed E-state index contributed by atoms with van der Waals surface area (Å²) in [5, 5.41) is 7.40. The largest absolute Gasteiger partial charge is 0.493 e. The number of aromatic nitrogens is 3. The highest BCUT2D eigenvalue weighted by Gasteiger charge is 2.19. The summed E-state index contributed by atoms with van der Waals surface area (Å²) < 4.78 is 12.6. The lowest BCUT2D eigenvalue weighted by Gasteiger charge is -2.20. The van der Waals surface area contributed by atoms with Crippen molar-refractivity contribution in [1.82, 2.24) is 14.5 Å². The maximum Gasteiger partial charge on any atom is 0.252 e. The second-order valence-electron chi connectivity index (χ2n) is 7.07. The molecular weight excluding hydrogens is 428 g/mol. The maximum atomic E-state index is 12.1. The highest BCUT2D eigenvalue weighted by atomic mass is 32.1. The molecule has 9 nitrogen and oxygen atoms in total. The van der Waals surface area contributed by atoms with Crippen LogP contribution >= 0.6 is 11.3 Å². The number of imidazole rings is 1. The first-order valence-electron chi connectivity index (χ1n) is 9.94. The van der Waals surface area contributed by atoms with Crippen molar-refractivity contribution in [3.8, 4) is 17.3 Å². The Bertz CT molecular complexity index is 1240. The molecular formula is C22H24N6O3S. The molecule has 4 aromatic rings. The van der Waals surface area contributed by atoms with E-state index in [0.29, 0.717) is 41.7 Å². The molecule has 1 unspecified atom stereocenters. The van der Waals surface area contributed by atoms with E-state index in [0.717, 1.165) is 16.6 Å². The van der Waals surface area contributed by atoms with Gasteiger partial charge in [-0.25, -0.2) is 9.97 Å². The lowest BCUT2D eigenvalue weighted by molar-refractivity contribution is 0.100. The van der Waals surface area contributed by atoms with Gasteiger partial charge in [-0.2, -0.15) is 11.3 Å². The summed E-state index contributed by atoms with van der Waals surface area (Å²) in [6.07, 6.45) is 2.34. The molecule has 166 valence electrons. The first-order chi connectivity index (χ1) is 15.5. The number of rotatable bonds is 9. The Morgan fingerprint density at radius 1 is 1.22 bits per heavy atom. The van der Waals surface area contributed by atoms with Gasteiger partial charge in [0.25, 0.3) is 5.91 Å². The molecule has 1 aromatic carbocycles. The SMILES string of the molecule is COc1cc2ncn(-c3ccc(C(N)=O)c(NC(CCN)c4ccsc4)n3)c2cc1OC. The van der Waals surface area contributed by atoms with Gasteiger partial charge in [0, 0.05) is 12.1 Å². The predicted octanol–water partition coefficient (Wildman–Crippen LogP) is 3.10. The number of thiophene rings is 1. The number of primary amides is 1. The van der Waals surface area contributed by atoms with Gasteiger partial charge >= 0.3 is 0 Å². The molecule has 0 aliphatic rings. The van der Waals surface area contributed by atoms with Gasteiger partial charge in [0.2, 0.25) is 0 Å². The first-order valence-corrected chi connectivity index (χ1v) is 10.9. The van der Waals surface area contributed by atoms with Crippen LogP contribution in [0.15, 0.2) is 47.4 Å². The molecule has 5 N–H and O–H groups in total. The molecule has 0 radical (unpaired) electrons. The van der Waals surface area contributed by atoms with E-state index >= 15 is 0 Å². The molecule has 4 rings (SSSR count). The Balaban J connectivity index is 1.79. The second-order valence-corrected chi connectivity index (χ2v) is 7.85. The molecule has 3 heterocycles. The van der Waals surface area contributed by atoms with E-state index < -0.39 is 5.91 Å². The minimum atomic E-state index is -0.565. The number of carbonyl (C=O) groups is 1. The van der Waals surface area contributed by atoms with Crippen LogP contribution in [0, 0.1) is 0 Å². The van der Waals surface area contributed by atoms with Crippen LogP contribution in [-0.4, -0.2) is 41.2 Å². The van der Waals surface area contributed by atoms with Gasteiger partial charge in [0.1, 0.15) is 18.0 Å². The van der Waals surface area contributed by atoms with E-state index in [1.807, 2.05) is 27.5 Å². The summed E-state index contributed by atoms with van der Waals surface area (Å²) >= 11 is 1.60. The number of nitrogens with one attached hydrogen (secondary N) is 1. The fourth-order valence-corrected chi connectivity index (χ4v) is 4.25. The van der Waals surface area contributed by atoms with Gasteiger partial charge in [-0.05, 0) is 47.5 Å². The van der Waals surface area contributed by atoms with Gasteiger partial charge < -0.3 is 26.3 Å². The zero-order chi connectivity index (χ0) is 22.7. The molecule has 0 aliphatic carbocycles. The average molecular weight is 453 g/mol. The van der Waals surface area contributed by atoms with Crippen molar-refractivity contribution in [3.05, 3.63) is 58.5 Å². The van der Waals surface area contributed by atoms with Crippen molar-refractivity contribution < 1.29 is 14.3 Å².